The minimum atomic E-state index is -1.16. The maximum absolute atomic E-state index is 15.2. The average Bonchev–Trinajstić information content (AvgIpc) is 3.73. The molecule has 0 radical (unpaired) electrons. The molecule has 0 spiro atoms. The molecular formula is C32H37FN8O6. The molecule has 5 aromatic rings. The molecule has 0 aliphatic heterocycles. The SMILES string of the molecule is CNc1ccc(-c2c(-c3cn(C)nc3F)[nH]c3ncc4c(c23)n([C@H]2C[C@H](NC(=O)OC(C)(C)C)[C@H](OCC(=O)O)C2)c(=O)n4C)cc1. The van der Waals surface area contributed by atoms with Crippen molar-refractivity contribution in [2.24, 2.45) is 14.1 Å². The van der Waals surface area contributed by atoms with Crippen LogP contribution in [-0.4, -0.2) is 77.5 Å². The van der Waals surface area contributed by atoms with Crippen LogP contribution in [0.4, 0.5) is 14.9 Å². The van der Waals surface area contributed by atoms with E-state index < -0.39 is 48.4 Å². The van der Waals surface area contributed by atoms with Gasteiger partial charge in [0.15, 0.2) is 0 Å². The number of ether oxygens (including phenoxy) is 2. The van der Waals surface area contributed by atoms with Crippen molar-refractivity contribution in [1.29, 1.82) is 0 Å². The molecule has 1 aromatic carbocycles. The second kappa shape index (κ2) is 11.9. The maximum atomic E-state index is 15.2. The summed E-state index contributed by atoms with van der Waals surface area (Å²) < 4.78 is 30.9. The van der Waals surface area contributed by atoms with Crippen molar-refractivity contribution in [3.8, 4) is 22.4 Å². The number of pyridine rings is 1. The van der Waals surface area contributed by atoms with Gasteiger partial charge in [0.05, 0.1) is 46.0 Å². The highest BCUT2D eigenvalue weighted by Gasteiger charge is 2.40. The fourth-order valence-electron chi connectivity index (χ4n) is 6.40. The molecule has 1 saturated carbocycles. The number of alkyl carbamates (subject to hydrolysis) is 1. The molecule has 3 atom stereocenters. The number of aryl methyl sites for hydroxylation is 2. The lowest BCUT2D eigenvalue weighted by Crippen LogP contribution is -2.44. The van der Waals surface area contributed by atoms with Crippen molar-refractivity contribution in [2.75, 3.05) is 19.0 Å². The van der Waals surface area contributed by atoms with Gasteiger partial charge in [0.2, 0.25) is 5.95 Å². The fraction of sp³-hybridized carbons (Fsp3) is 0.406. The number of carboxylic acids is 1. The first kappa shape index (κ1) is 31.8. The van der Waals surface area contributed by atoms with Crippen LogP contribution in [-0.2, 0) is 28.4 Å². The largest absolute Gasteiger partial charge is 0.480 e. The zero-order chi connectivity index (χ0) is 33.8. The van der Waals surface area contributed by atoms with E-state index in [4.69, 9.17) is 9.47 Å². The van der Waals surface area contributed by atoms with Crippen molar-refractivity contribution in [2.45, 2.75) is 57.4 Å². The number of H-pyrrole nitrogens is 1. The first-order valence-corrected chi connectivity index (χ1v) is 15.2. The normalized spacial score (nSPS) is 18.2. The molecule has 4 N–H and O–H groups in total. The number of carbonyl (C=O) groups is 2. The van der Waals surface area contributed by atoms with Crippen LogP contribution in [0.2, 0.25) is 0 Å². The third-order valence-electron chi connectivity index (χ3n) is 8.35. The number of amides is 1. The molecular weight excluding hydrogens is 611 g/mol. The summed E-state index contributed by atoms with van der Waals surface area (Å²) >= 11 is 0. The Morgan fingerprint density at radius 2 is 1.89 bits per heavy atom. The first-order chi connectivity index (χ1) is 22.3. The number of fused-ring (bicyclic) bond motifs is 3. The summed E-state index contributed by atoms with van der Waals surface area (Å²) in [5.41, 5.74) is 3.39. The third-order valence-corrected chi connectivity index (χ3v) is 8.35. The van der Waals surface area contributed by atoms with E-state index in [1.165, 1.54) is 9.25 Å². The Hall–Kier alpha value is -5.18. The number of aromatic nitrogens is 6. The van der Waals surface area contributed by atoms with Crippen LogP contribution < -0.4 is 16.3 Å². The fourth-order valence-corrected chi connectivity index (χ4v) is 6.40. The summed E-state index contributed by atoms with van der Waals surface area (Å²) in [5, 5.41) is 19.8. The molecule has 15 heteroatoms. The number of nitrogens with one attached hydrogen (secondary N) is 3. The standard InChI is InChI=1S/C32H37FN8O6/c1-32(2,3)47-30(44)36-20-11-18(12-22(20)46-15-23(42)43)41-27-21(40(6)31(41)45)13-35-29-25(27)24(16-7-9-17(34-4)10-8-16)26(37-29)19-14-39(5)38-28(19)33/h7-10,13-14,18,20,22,34H,11-12,15H2,1-6H3,(H,35,37)(H,36,44)(H,42,43)/t18-,20-,22+/m0/s1. The number of anilines is 1. The molecule has 1 fully saturated rings. The number of nitrogens with zero attached hydrogens (tertiary/aromatic N) is 5. The van der Waals surface area contributed by atoms with Crippen molar-refractivity contribution in [3.05, 3.63) is 53.1 Å². The van der Waals surface area contributed by atoms with Crippen LogP contribution >= 0.6 is 0 Å². The van der Waals surface area contributed by atoms with Gasteiger partial charge in [0, 0.05) is 44.6 Å². The number of aromatic amines is 1. The van der Waals surface area contributed by atoms with Crippen molar-refractivity contribution < 1.29 is 28.6 Å². The Balaban J connectivity index is 1.55. The second-order valence-corrected chi connectivity index (χ2v) is 12.8. The Morgan fingerprint density at radius 3 is 2.51 bits per heavy atom. The number of aliphatic carboxylic acids is 1. The quantitative estimate of drug-likeness (QED) is 0.193. The number of rotatable bonds is 8. The minimum Gasteiger partial charge on any atom is -0.480 e. The monoisotopic (exact) mass is 648 g/mol. The van der Waals surface area contributed by atoms with E-state index in [1.807, 2.05) is 31.3 Å². The van der Waals surface area contributed by atoms with Crippen molar-refractivity contribution in [1.82, 2.24) is 34.2 Å². The highest BCUT2D eigenvalue weighted by Crippen LogP contribution is 2.43. The van der Waals surface area contributed by atoms with Gasteiger partial charge < -0.3 is 30.2 Å². The lowest BCUT2D eigenvalue weighted by Gasteiger charge is -2.24. The minimum absolute atomic E-state index is 0.233. The number of imidazole rings is 1. The number of halogens is 1. The van der Waals surface area contributed by atoms with Gasteiger partial charge in [-0.15, -0.1) is 5.10 Å². The topological polar surface area (TPSA) is 170 Å². The van der Waals surface area contributed by atoms with Gasteiger partial charge in [-0.05, 0) is 51.3 Å². The van der Waals surface area contributed by atoms with E-state index in [0.29, 0.717) is 33.3 Å². The third kappa shape index (κ3) is 5.93. The zero-order valence-electron chi connectivity index (χ0n) is 26.9. The molecule has 1 aliphatic rings. The summed E-state index contributed by atoms with van der Waals surface area (Å²) in [6.45, 7) is 4.64. The van der Waals surface area contributed by atoms with Gasteiger partial charge >= 0.3 is 17.8 Å². The van der Waals surface area contributed by atoms with E-state index in [1.54, 1.807) is 51.8 Å². The Labute approximate surface area is 268 Å². The summed E-state index contributed by atoms with van der Waals surface area (Å²) in [4.78, 5) is 46.2. The Kier molecular flexibility index (Phi) is 8.03. The van der Waals surface area contributed by atoms with Crippen LogP contribution in [0.5, 0.6) is 0 Å². The predicted octanol–water partition coefficient (Wildman–Crippen LogP) is 4.16. The predicted molar refractivity (Wildman–Crippen MR) is 173 cm³/mol. The van der Waals surface area contributed by atoms with Gasteiger partial charge in [-0.25, -0.2) is 19.4 Å². The summed E-state index contributed by atoms with van der Waals surface area (Å²) in [6, 6.07) is 6.46. The smallest absolute Gasteiger partial charge is 0.407 e. The molecule has 14 nitrogen and oxygen atoms in total. The van der Waals surface area contributed by atoms with Gasteiger partial charge in [-0.2, -0.15) is 4.39 Å². The number of carbonyl (C=O) groups excluding carboxylic acids is 1. The van der Waals surface area contributed by atoms with E-state index in [9.17, 15) is 19.5 Å². The van der Waals surface area contributed by atoms with Gasteiger partial charge in [0.1, 0.15) is 17.9 Å². The van der Waals surface area contributed by atoms with Gasteiger partial charge in [-0.3, -0.25) is 13.8 Å². The number of hydrogen-bond acceptors (Lipinski definition) is 8. The second-order valence-electron chi connectivity index (χ2n) is 12.8. The van der Waals surface area contributed by atoms with Crippen LogP contribution in [0.25, 0.3) is 44.5 Å². The number of benzene rings is 1. The number of hydrogen-bond donors (Lipinski definition) is 4. The van der Waals surface area contributed by atoms with E-state index in [0.717, 1.165) is 11.3 Å². The van der Waals surface area contributed by atoms with E-state index in [-0.39, 0.29) is 24.1 Å². The molecule has 1 amide bonds. The highest BCUT2D eigenvalue weighted by molar-refractivity contribution is 6.14. The molecule has 0 saturated heterocycles. The highest BCUT2D eigenvalue weighted by atomic mass is 19.1. The van der Waals surface area contributed by atoms with E-state index in [2.05, 4.69) is 25.7 Å². The summed E-state index contributed by atoms with van der Waals surface area (Å²) in [5.74, 6) is -1.82. The zero-order valence-corrected chi connectivity index (χ0v) is 26.9. The lowest BCUT2D eigenvalue weighted by molar-refractivity contribution is -0.144. The summed E-state index contributed by atoms with van der Waals surface area (Å²) in [6.07, 6.45) is 2.26. The molecule has 4 aromatic heterocycles. The molecule has 1 aliphatic carbocycles. The molecule has 248 valence electrons. The first-order valence-electron chi connectivity index (χ1n) is 15.2. The van der Waals surface area contributed by atoms with E-state index >= 15 is 4.39 Å². The van der Waals surface area contributed by atoms with Crippen LogP contribution in [0.3, 0.4) is 0 Å². The van der Waals surface area contributed by atoms with Crippen LogP contribution in [0.1, 0.15) is 39.7 Å². The maximum Gasteiger partial charge on any atom is 0.407 e. The average molecular weight is 649 g/mol. The van der Waals surface area contributed by atoms with Crippen LogP contribution in [0, 0.1) is 5.95 Å². The Bertz CT molecular complexity index is 2050. The molecule has 47 heavy (non-hydrogen) atoms. The van der Waals surface area contributed by atoms with Crippen molar-refractivity contribution >= 4 is 39.8 Å². The molecule has 6 rings (SSSR count). The number of carboxylic acid groups (broad SMARTS) is 1. The summed E-state index contributed by atoms with van der Waals surface area (Å²) in [7, 11) is 5.09. The van der Waals surface area contributed by atoms with Crippen LogP contribution in [0.15, 0.2) is 41.5 Å². The molecule has 4 heterocycles. The van der Waals surface area contributed by atoms with Gasteiger partial charge in [0.25, 0.3) is 0 Å². The molecule has 0 bridgehead atoms. The Morgan fingerprint density at radius 1 is 1.17 bits per heavy atom. The molecule has 0 unspecified atom stereocenters. The van der Waals surface area contributed by atoms with Crippen molar-refractivity contribution in [3.63, 3.8) is 0 Å². The lowest BCUT2D eigenvalue weighted by atomic mass is 9.99. The van der Waals surface area contributed by atoms with Gasteiger partial charge in [-0.1, -0.05) is 12.1 Å².